The van der Waals surface area contributed by atoms with E-state index in [9.17, 15) is 0 Å². The van der Waals surface area contributed by atoms with Crippen molar-refractivity contribution >= 4 is 17.4 Å². The second-order valence-electron chi connectivity index (χ2n) is 4.17. The van der Waals surface area contributed by atoms with Crippen molar-refractivity contribution in [2.45, 2.75) is 31.7 Å². The first-order valence-corrected chi connectivity index (χ1v) is 6.71. The molecule has 2 heterocycles. The van der Waals surface area contributed by atoms with Gasteiger partial charge in [0.05, 0.1) is 12.3 Å². The van der Waals surface area contributed by atoms with E-state index in [0.717, 1.165) is 12.2 Å². The van der Waals surface area contributed by atoms with Crippen LogP contribution in [-0.2, 0) is 6.61 Å². The maximum atomic E-state index is 9.09. The summed E-state index contributed by atoms with van der Waals surface area (Å²) in [6, 6.07) is 4.55. The van der Waals surface area contributed by atoms with E-state index >= 15 is 0 Å². The van der Waals surface area contributed by atoms with Gasteiger partial charge in [-0.2, -0.15) is 11.8 Å². The number of anilines is 1. The molecule has 1 aromatic rings. The van der Waals surface area contributed by atoms with Crippen molar-refractivity contribution in [3.05, 3.63) is 24.0 Å². The summed E-state index contributed by atoms with van der Waals surface area (Å²) in [6.45, 7) is 5.62. The summed E-state index contributed by atoms with van der Waals surface area (Å²) >= 11 is 2.03. The fourth-order valence-corrected chi connectivity index (χ4v) is 3.13. The molecule has 0 spiro atoms. The summed E-state index contributed by atoms with van der Waals surface area (Å²) < 4.78 is 0. The van der Waals surface area contributed by atoms with Crippen molar-refractivity contribution in [1.29, 1.82) is 0 Å². The summed E-state index contributed by atoms with van der Waals surface area (Å²) in [7, 11) is 0. The fourth-order valence-electron chi connectivity index (χ4n) is 2.03. The number of aromatic nitrogens is 1. The zero-order valence-corrected chi connectivity index (χ0v) is 10.6. The van der Waals surface area contributed by atoms with Gasteiger partial charge >= 0.3 is 0 Å². The molecule has 1 aliphatic heterocycles. The normalized spacial score (nSPS) is 25.8. The van der Waals surface area contributed by atoms with E-state index in [4.69, 9.17) is 5.11 Å². The molecule has 0 radical (unpaired) electrons. The molecular weight excluding hydrogens is 220 g/mol. The number of hydrogen-bond acceptors (Lipinski definition) is 4. The van der Waals surface area contributed by atoms with Gasteiger partial charge in [-0.05, 0) is 19.1 Å². The Hall–Kier alpha value is -0.740. The molecule has 16 heavy (non-hydrogen) atoms. The number of aliphatic hydroxyl groups excluding tert-OH is 1. The SMILES string of the molecule is CC1SCCN(c2ccnc(CO)c2)C1C. The molecule has 1 N–H and O–H groups in total. The molecule has 0 aromatic carbocycles. The minimum Gasteiger partial charge on any atom is -0.390 e. The van der Waals surface area contributed by atoms with Gasteiger partial charge < -0.3 is 10.0 Å². The zero-order chi connectivity index (χ0) is 11.5. The van der Waals surface area contributed by atoms with Crippen molar-refractivity contribution in [3.8, 4) is 0 Å². The van der Waals surface area contributed by atoms with Gasteiger partial charge in [0.25, 0.3) is 0 Å². The van der Waals surface area contributed by atoms with Crippen LogP contribution in [0, 0.1) is 0 Å². The van der Waals surface area contributed by atoms with Crippen LogP contribution in [0.4, 0.5) is 5.69 Å². The van der Waals surface area contributed by atoms with Crippen LogP contribution >= 0.6 is 11.8 Å². The number of pyridine rings is 1. The van der Waals surface area contributed by atoms with Gasteiger partial charge in [0, 0.05) is 35.5 Å². The number of thioether (sulfide) groups is 1. The lowest BCUT2D eigenvalue weighted by Gasteiger charge is -2.39. The number of rotatable bonds is 2. The molecule has 2 rings (SSSR count). The molecule has 88 valence electrons. The second-order valence-corrected chi connectivity index (χ2v) is 5.66. The lowest BCUT2D eigenvalue weighted by atomic mass is 10.1. The molecule has 2 unspecified atom stereocenters. The van der Waals surface area contributed by atoms with E-state index in [1.807, 2.05) is 23.9 Å². The van der Waals surface area contributed by atoms with Crippen molar-refractivity contribution in [2.75, 3.05) is 17.2 Å². The van der Waals surface area contributed by atoms with Gasteiger partial charge in [0.2, 0.25) is 0 Å². The lowest BCUT2D eigenvalue weighted by molar-refractivity contribution is 0.277. The van der Waals surface area contributed by atoms with Crippen molar-refractivity contribution in [3.63, 3.8) is 0 Å². The molecule has 0 bridgehead atoms. The van der Waals surface area contributed by atoms with E-state index in [1.54, 1.807) is 6.20 Å². The third kappa shape index (κ3) is 2.33. The summed E-state index contributed by atoms with van der Waals surface area (Å²) in [5.41, 5.74) is 1.93. The van der Waals surface area contributed by atoms with Crippen LogP contribution in [0.5, 0.6) is 0 Å². The molecule has 4 heteroatoms. The minimum atomic E-state index is 0.0143. The summed E-state index contributed by atoms with van der Waals surface area (Å²) in [4.78, 5) is 6.52. The number of nitrogens with zero attached hydrogens (tertiary/aromatic N) is 2. The van der Waals surface area contributed by atoms with E-state index < -0.39 is 0 Å². The topological polar surface area (TPSA) is 36.4 Å². The molecule has 1 saturated heterocycles. The molecule has 1 aliphatic rings. The molecule has 2 atom stereocenters. The molecular formula is C12H18N2OS. The van der Waals surface area contributed by atoms with Crippen molar-refractivity contribution in [2.24, 2.45) is 0 Å². The highest BCUT2D eigenvalue weighted by molar-refractivity contribution is 8.00. The third-order valence-corrected chi connectivity index (χ3v) is 4.52. The Kier molecular flexibility index (Phi) is 3.71. The van der Waals surface area contributed by atoms with Crippen LogP contribution in [0.2, 0.25) is 0 Å². The predicted molar refractivity (Wildman–Crippen MR) is 68.9 cm³/mol. The van der Waals surface area contributed by atoms with Crippen LogP contribution in [0.3, 0.4) is 0 Å². The molecule has 3 nitrogen and oxygen atoms in total. The van der Waals surface area contributed by atoms with Crippen molar-refractivity contribution < 1.29 is 5.11 Å². The minimum absolute atomic E-state index is 0.0143. The maximum absolute atomic E-state index is 9.09. The first-order chi connectivity index (χ1) is 7.72. The Labute approximate surface area is 101 Å². The average Bonchev–Trinajstić information content (AvgIpc) is 2.33. The van der Waals surface area contributed by atoms with E-state index in [2.05, 4.69) is 23.7 Å². The lowest BCUT2D eigenvalue weighted by Crippen LogP contribution is -2.44. The van der Waals surface area contributed by atoms with Gasteiger partial charge in [-0.3, -0.25) is 4.98 Å². The zero-order valence-electron chi connectivity index (χ0n) is 9.76. The van der Waals surface area contributed by atoms with Gasteiger partial charge in [0.15, 0.2) is 0 Å². The molecule has 1 aromatic heterocycles. The Morgan fingerprint density at radius 1 is 1.56 bits per heavy atom. The first-order valence-electron chi connectivity index (χ1n) is 5.66. The van der Waals surface area contributed by atoms with Gasteiger partial charge in [-0.1, -0.05) is 6.92 Å². The monoisotopic (exact) mass is 238 g/mol. The highest BCUT2D eigenvalue weighted by Crippen LogP contribution is 2.28. The highest BCUT2D eigenvalue weighted by atomic mass is 32.2. The summed E-state index contributed by atoms with van der Waals surface area (Å²) in [5, 5.41) is 9.75. The fraction of sp³-hybridized carbons (Fsp3) is 0.583. The van der Waals surface area contributed by atoms with E-state index in [-0.39, 0.29) is 6.61 Å². The van der Waals surface area contributed by atoms with Crippen LogP contribution in [0.15, 0.2) is 18.3 Å². The average molecular weight is 238 g/mol. The second kappa shape index (κ2) is 5.06. The third-order valence-electron chi connectivity index (χ3n) is 3.18. The Bertz CT molecular complexity index is 359. The predicted octanol–water partition coefficient (Wildman–Crippen LogP) is 1.90. The standard InChI is InChI=1S/C12H18N2OS/c1-9-10(2)16-6-5-14(9)12-3-4-13-11(7-12)8-15/h3-4,7,9-10,15H,5-6,8H2,1-2H3. The smallest absolute Gasteiger partial charge is 0.0853 e. The van der Waals surface area contributed by atoms with Crippen LogP contribution in [-0.4, -0.2) is 33.7 Å². The van der Waals surface area contributed by atoms with Crippen molar-refractivity contribution in [1.82, 2.24) is 4.98 Å². The van der Waals surface area contributed by atoms with Crippen LogP contribution in [0.1, 0.15) is 19.5 Å². The number of hydrogen-bond donors (Lipinski definition) is 1. The number of aliphatic hydroxyl groups is 1. The van der Waals surface area contributed by atoms with Gasteiger partial charge in [-0.25, -0.2) is 0 Å². The van der Waals surface area contributed by atoms with Gasteiger partial charge in [-0.15, -0.1) is 0 Å². The van der Waals surface area contributed by atoms with Crippen LogP contribution < -0.4 is 4.90 Å². The highest BCUT2D eigenvalue weighted by Gasteiger charge is 2.25. The van der Waals surface area contributed by atoms with Gasteiger partial charge in [0.1, 0.15) is 0 Å². The largest absolute Gasteiger partial charge is 0.390 e. The van der Waals surface area contributed by atoms with Crippen LogP contribution in [0.25, 0.3) is 0 Å². The maximum Gasteiger partial charge on any atom is 0.0853 e. The summed E-state index contributed by atoms with van der Waals surface area (Å²) in [5.74, 6) is 1.17. The van der Waals surface area contributed by atoms with E-state index in [0.29, 0.717) is 11.3 Å². The Morgan fingerprint density at radius 3 is 3.12 bits per heavy atom. The molecule has 0 aliphatic carbocycles. The first kappa shape index (κ1) is 11.7. The molecule has 1 fully saturated rings. The Balaban J connectivity index is 2.21. The quantitative estimate of drug-likeness (QED) is 0.854. The Morgan fingerprint density at radius 2 is 2.38 bits per heavy atom. The summed E-state index contributed by atoms with van der Waals surface area (Å²) in [6.07, 6.45) is 1.78. The molecule has 0 saturated carbocycles. The van der Waals surface area contributed by atoms with E-state index in [1.165, 1.54) is 11.4 Å². The molecule has 0 amide bonds.